The third-order valence-corrected chi connectivity index (χ3v) is 0. The van der Waals surface area contributed by atoms with Gasteiger partial charge >= 0.3 is 42.3 Å². The van der Waals surface area contributed by atoms with Crippen LogP contribution in [0.2, 0.25) is 0 Å². The molecule has 0 aromatic heterocycles. The molecule has 0 saturated carbocycles. The van der Waals surface area contributed by atoms with Crippen molar-refractivity contribution in [3.05, 3.63) is 0 Å². The van der Waals surface area contributed by atoms with E-state index < -0.39 is 7.29 Å². The molecule has 5 heteroatoms. The Labute approximate surface area is 42.6 Å². The van der Waals surface area contributed by atoms with E-state index in [9.17, 15) is 8.42 Å². The van der Waals surface area contributed by atoms with Gasteiger partial charge in [-0.1, -0.05) is 0 Å². The standard InChI is InChI=1S/Fe.HO2S2/c;1-4(2)3/h;(H,1,2,3). The summed E-state index contributed by atoms with van der Waals surface area (Å²) in [5.74, 6) is 0. The summed E-state index contributed by atoms with van der Waals surface area (Å²) in [4.78, 5) is 0. The second-order valence-corrected chi connectivity index (χ2v) is 5.40. The summed E-state index contributed by atoms with van der Waals surface area (Å²) in [5, 5.41) is 0. The Balaban J connectivity index is 4.06. The molecule has 0 spiro atoms. The van der Waals surface area contributed by atoms with E-state index in [1.807, 2.05) is 0 Å². The fourth-order valence-electron chi connectivity index (χ4n) is 0. The quantitative estimate of drug-likeness (QED) is 0.294. The van der Waals surface area contributed by atoms with Crippen molar-refractivity contribution in [3.63, 3.8) is 0 Å². The van der Waals surface area contributed by atoms with Crippen molar-refractivity contribution >= 4 is 18.9 Å². The first-order chi connectivity index (χ1) is 2.00. The second-order valence-electron chi connectivity index (χ2n) is 0.400. The fraction of sp³-hybridized carbons (Fsp3) is 0. The Hall–Kier alpha value is 0.819. The van der Waals surface area contributed by atoms with Gasteiger partial charge < -0.3 is 0 Å². The van der Waals surface area contributed by atoms with E-state index in [2.05, 4.69) is 26.6 Å². The van der Waals surface area contributed by atoms with Crippen LogP contribution in [0.3, 0.4) is 0 Å². The van der Waals surface area contributed by atoms with Crippen LogP contribution in [0.25, 0.3) is 0 Å². The second kappa shape index (κ2) is 1.51. The Morgan fingerprint density at radius 3 is 1.60 bits per heavy atom. The van der Waals surface area contributed by atoms with Gasteiger partial charge in [-0.25, -0.2) is 0 Å². The van der Waals surface area contributed by atoms with Crippen LogP contribution in [0.15, 0.2) is 0 Å². The summed E-state index contributed by atoms with van der Waals surface area (Å²) in [6.07, 6.45) is 0. The van der Waals surface area contributed by atoms with Gasteiger partial charge in [0.1, 0.15) is 0 Å². The van der Waals surface area contributed by atoms with E-state index in [4.69, 9.17) is 0 Å². The van der Waals surface area contributed by atoms with Crippen molar-refractivity contribution in [2.75, 3.05) is 0 Å². The van der Waals surface area contributed by atoms with Gasteiger partial charge in [-0.2, -0.15) is 0 Å². The van der Waals surface area contributed by atoms with Crippen molar-refractivity contribution in [2.24, 2.45) is 0 Å². The molecule has 0 amide bonds. The van der Waals surface area contributed by atoms with Gasteiger partial charge in [0.05, 0.1) is 0 Å². The molecule has 0 radical (unpaired) electrons. The molecule has 0 aromatic carbocycles. The van der Waals surface area contributed by atoms with E-state index in [1.54, 1.807) is 0 Å². The van der Waals surface area contributed by atoms with Crippen molar-refractivity contribution in [1.29, 1.82) is 0 Å². The third kappa shape index (κ3) is 57.1. The van der Waals surface area contributed by atoms with Crippen LogP contribution in [0.4, 0.5) is 0 Å². The van der Waals surface area contributed by atoms with Crippen molar-refractivity contribution < 1.29 is 23.3 Å². The average Bonchev–Trinajstić information content (AvgIpc) is 0.722. The van der Waals surface area contributed by atoms with Crippen molar-refractivity contribution in [2.45, 2.75) is 0 Å². The Bertz CT molecular complexity index is 90.8. The van der Waals surface area contributed by atoms with Crippen LogP contribution in [0, 0.1) is 0 Å². The summed E-state index contributed by atoms with van der Waals surface area (Å²) >= 11 is 5.59. The molecule has 0 unspecified atom stereocenters. The van der Waals surface area contributed by atoms with Gasteiger partial charge in [0, 0.05) is 0 Å². The summed E-state index contributed by atoms with van der Waals surface area (Å²) in [6.45, 7) is 0. The Kier molecular flexibility index (Phi) is 1.76. The molecule has 0 bridgehead atoms. The molecule has 0 rings (SSSR count). The number of rotatable bonds is 0. The van der Waals surface area contributed by atoms with Gasteiger partial charge in [-0.3, -0.25) is 0 Å². The van der Waals surface area contributed by atoms with E-state index in [0.717, 1.165) is 0 Å². The number of hydrogen-bond donors (Lipinski definition) is 1. The van der Waals surface area contributed by atoms with Gasteiger partial charge in [-0.05, 0) is 0 Å². The first-order valence-corrected chi connectivity index (χ1v) is 4.43. The maximum absolute atomic E-state index is 9.39. The molecule has 0 atom stereocenters. The van der Waals surface area contributed by atoms with Gasteiger partial charge in [0.25, 0.3) is 0 Å². The zero-order chi connectivity index (χ0) is 4.50. The van der Waals surface area contributed by atoms with Gasteiger partial charge in [0.2, 0.25) is 0 Å². The average molecular weight is 153 g/mol. The zero-order valence-corrected chi connectivity index (χ0v) is 4.84. The topological polar surface area (TPSA) is 34.1 Å². The minimum absolute atomic E-state index is 2.61. The summed E-state index contributed by atoms with van der Waals surface area (Å²) in [5.41, 5.74) is 0. The van der Waals surface area contributed by atoms with E-state index >= 15 is 0 Å². The van der Waals surface area contributed by atoms with Gasteiger partial charge in [0.15, 0.2) is 0 Å². The molecule has 0 heterocycles. The monoisotopic (exact) mass is 153 g/mol. The number of hydrogen-bond acceptors (Lipinski definition) is 2. The normalized spacial score (nSPS) is 11.6. The molecule has 5 heavy (non-hydrogen) atoms. The van der Waals surface area contributed by atoms with E-state index in [-0.39, 0.29) is 0 Å². The maximum atomic E-state index is 9.39. The number of thiol groups is 1. The molecule has 0 fully saturated rings. The van der Waals surface area contributed by atoms with Crippen LogP contribution in [0.1, 0.15) is 0 Å². The summed E-state index contributed by atoms with van der Waals surface area (Å²) < 4.78 is 18.8. The molecule has 33 valence electrons. The Morgan fingerprint density at radius 1 is 1.60 bits per heavy atom. The molecule has 0 N–H and O–H groups in total. The first-order valence-electron chi connectivity index (χ1n) is 0.660. The molecule has 0 aliphatic heterocycles. The van der Waals surface area contributed by atoms with Crippen molar-refractivity contribution in [1.82, 2.24) is 0 Å². The first kappa shape index (κ1) is 5.82. The van der Waals surface area contributed by atoms with Crippen LogP contribution < -0.4 is 0 Å². The molecule has 0 aromatic rings. The molecule has 0 saturated heterocycles. The zero-order valence-electron chi connectivity index (χ0n) is 2.03. The van der Waals surface area contributed by atoms with Crippen LogP contribution in [-0.4, -0.2) is 8.42 Å². The van der Waals surface area contributed by atoms with Gasteiger partial charge in [-0.15, -0.1) is 0 Å². The Morgan fingerprint density at radius 2 is 1.60 bits per heavy atom. The minimum atomic E-state index is -3.22. The molecule has 2 nitrogen and oxygen atoms in total. The molecular formula is HFeO2S2. The van der Waals surface area contributed by atoms with Crippen LogP contribution in [-0.2, 0) is 22.2 Å². The van der Waals surface area contributed by atoms with Crippen LogP contribution >= 0.6 is 11.7 Å². The summed E-state index contributed by atoms with van der Waals surface area (Å²) in [7, 11) is -3.22. The predicted molar refractivity (Wildman–Crippen MR) is 17.9 cm³/mol. The molecular weight excluding hydrogens is 152 g/mol. The third-order valence-electron chi connectivity index (χ3n) is 0. The van der Waals surface area contributed by atoms with Crippen molar-refractivity contribution in [3.8, 4) is 0 Å². The SMILES string of the molecule is O=[S](=O)(S)[Fe]. The van der Waals surface area contributed by atoms with Crippen LogP contribution in [0.5, 0.6) is 0 Å². The van der Waals surface area contributed by atoms with E-state index in [0.29, 0.717) is 0 Å². The van der Waals surface area contributed by atoms with E-state index in [1.165, 1.54) is 0 Å². The predicted octanol–water partition coefficient (Wildman–Crippen LogP) is -0.292. The fourth-order valence-corrected chi connectivity index (χ4v) is 0. The molecule has 0 aliphatic rings. The summed E-state index contributed by atoms with van der Waals surface area (Å²) in [6, 6.07) is 0. The molecule has 0 aliphatic carbocycles.